The smallest absolute Gasteiger partial charge is 0.353 e. The topological polar surface area (TPSA) is 78.8 Å². The van der Waals surface area contributed by atoms with Crippen molar-refractivity contribution in [1.29, 1.82) is 5.26 Å². The number of hydrogen-bond donors (Lipinski definition) is 0. The van der Waals surface area contributed by atoms with E-state index in [-0.39, 0.29) is 11.7 Å². The molecule has 30 heavy (non-hydrogen) atoms. The first kappa shape index (κ1) is 21.1. The minimum absolute atomic E-state index is 0.0702. The minimum Gasteiger partial charge on any atom is -0.353 e. The number of halogens is 6. The lowest BCUT2D eigenvalue weighted by molar-refractivity contribution is -0.137. The van der Waals surface area contributed by atoms with E-state index in [9.17, 15) is 26.3 Å². The van der Waals surface area contributed by atoms with Crippen molar-refractivity contribution >= 4 is 5.69 Å². The van der Waals surface area contributed by atoms with Crippen molar-refractivity contribution in [3.63, 3.8) is 0 Å². The van der Waals surface area contributed by atoms with E-state index in [4.69, 9.17) is 9.78 Å². The summed E-state index contributed by atoms with van der Waals surface area (Å²) in [6.45, 7) is -2.17. The number of aromatic nitrogens is 3. The molecule has 0 bridgehead atoms. The van der Waals surface area contributed by atoms with Gasteiger partial charge in [-0.1, -0.05) is 5.16 Å². The molecule has 2 aromatic heterocycles. The zero-order valence-corrected chi connectivity index (χ0v) is 14.9. The van der Waals surface area contributed by atoms with Gasteiger partial charge in [0.25, 0.3) is 0 Å². The Morgan fingerprint density at radius 3 is 2.47 bits per heavy atom. The second kappa shape index (κ2) is 8.02. The Kier molecular flexibility index (Phi) is 5.64. The molecule has 12 heteroatoms. The molecule has 156 valence electrons. The molecule has 0 fully saturated rings. The van der Waals surface area contributed by atoms with Crippen LogP contribution < -0.4 is 4.90 Å². The molecular weight excluding hydrogens is 416 g/mol. The van der Waals surface area contributed by atoms with Gasteiger partial charge in [0.05, 0.1) is 23.7 Å². The van der Waals surface area contributed by atoms with Crippen LogP contribution in [0.3, 0.4) is 0 Å². The number of alkyl halides is 6. The molecule has 0 aliphatic carbocycles. The molecule has 3 aromatic rings. The summed E-state index contributed by atoms with van der Waals surface area (Å²) >= 11 is 0. The molecule has 0 atom stereocenters. The average Bonchev–Trinajstić information content (AvgIpc) is 3.14. The van der Waals surface area contributed by atoms with Gasteiger partial charge < -0.3 is 9.42 Å². The van der Waals surface area contributed by atoms with E-state index in [1.165, 1.54) is 18.5 Å². The van der Waals surface area contributed by atoms with E-state index in [0.29, 0.717) is 16.5 Å². The normalized spacial score (nSPS) is 11.9. The minimum atomic E-state index is -4.91. The van der Waals surface area contributed by atoms with Crippen LogP contribution >= 0.6 is 0 Å². The first-order chi connectivity index (χ1) is 14.1. The second-order valence-corrected chi connectivity index (χ2v) is 6.06. The van der Waals surface area contributed by atoms with Gasteiger partial charge in [-0.25, -0.2) is 0 Å². The molecule has 0 N–H and O–H groups in total. The van der Waals surface area contributed by atoms with Crippen molar-refractivity contribution in [2.24, 2.45) is 0 Å². The quantitative estimate of drug-likeness (QED) is 0.555. The Balaban J connectivity index is 1.95. The number of nitriles is 1. The van der Waals surface area contributed by atoms with E-state index < -0.39 is 42.3 Å². The van der Waals surface area contributed by atoms with Crippen LogP contribution in [0.5, 0.6) is 0 Å². The number of benzene rings is 1. The molecule has 0 amide bonds. The number of hydrogen-bond acceptors (Lipinski definition) is 6. The van der Waals surface area contributed by atoms with Gasteiger partial charge in [0.15, 0.2) is 0 Å². The predicted molar refractivity (Wildman–Crippen MR) is 90.8 cm³/mol. The van der Waals surface area contributed by atoms with Crippen molar-refractivity contribution in [2.75, 3.05) is 11.4 Å². The van der Waals surface area contributed by atoms with Crippen LogP contribution in [0.15, 0.2) is 47.2 Å². The Labute approximate surface area is 165 Å². The highest BCUT2D eigenvalue weighted by Crippen LogP contribution is 2.35. The van der Waals surface area contributed by atoms with Gasteiger partial charge in [-0.05, 0) is 30.3 Å². The third-order valence-corrected chi connectivity index (χ3v) is 3.88. The molecule has 0 spiro atoms. The van der Waals surface area contributed by atoms with Crippen LogP contribution in [0, 0.1) is 11.3 Å². The zero-order chi connectivity index (χ0) is 21.9. The van der Waals surface area contributed by atoms with Gasteiger partial charge in [-0.2, -0.15) is 36.6 Å². The highest BCUT2D eigenvalue weighted by atomic mass is 19.4. The summed E-state index contributed by atoms with van der Waals surface area (Å²) in [5, 5.41) is 12.5. The van der Waals surface area contributed by atoms with Crippen molar-refractivity contribution in [3.05, 3.63) is 59.7 Å². The molecule has 6 nitrogen and oxygen atoms in total. The summed E-state index contributed by atoms with van der Waals surface area (Å²) in [5.41, 5.74) is -1.99. The van der Waals surface area contributed by atoms with Gasteiger partial charge in [-0.3, -0.25) is 4.98 Å². The third-order valence-electron chi connectivity index (χ3n) is 3.88. The molecule has 2 heterocycles. The van der Waals surface area contributed by atoms with Gasteiger partial charge >= 0.3 is 12.4 Å². The first-order valence-electron chi connectivity index (χ1n) is 8.23. The maximum Gasteiger partial charge on any atom is 0.417 e. The lowest BCUT2D eigenvalue weighted by Gasteiger charge is -2.25. The van der Waals surface area contributed by atoms with Crippen LogP contribution in [-0.4, -0.2) is 27.8 Å². The highest BCUT2D eigenvalue weighted by molar-refractivity contribution is 5.55. The summed E-state index contributed by atoms with van der Waals surface area (Å²) in [6, 6.07) is 6.88. The van der Waals surface area contributed by atoms with E-state index in [1.54, 1.807) is 12.1 Å². The van der Waals surface area contributed by atoms with Gasteiger partial charge in [0, 0.05) is 23.6 Å². The van der Waals surface area contributed by atoms with Gasteiger partial charge in [0.2, 0.25) is 11.7 Å². The van der Waals surface area contributed by atoms with E-state index in [0.717, 1.165) is 12.1 Å². The molecule has 1 aromatic carbocycles. The summed E-state index contributed by atoms with van der Waals surface area (Å²) in [6.07, 6.45) is -6.72. The van der Waals surface area contributed by atoms with Crippen molar-refractivity contribution in [3.8, 4) is 17.5 Å². The molecular formula is C18H11F6N5O. The lowest BCUT2D eigenvalue weighted by atomic mass is 10.1. The first-order valence-corrected chi connectivity index (χ1v) is 8.23. The van der Waals surface area contributed by atoms with Crippen LogP contribution in [0.2, 0.25) is 0 Å². The van der Waals surface area contributed by atoms with Crippen molar-refractivity contribution < 1.29 is 30.9 Å². The SMILES string of the molecule is N#Cc1ccc(N(Cc2nc(-c3cccnc3)no2)CC(F)(F)F)cc1C(F)(F)F. The van der Waals surface area contributed by atoms with Crippen LogP contribution in [0.1, 0.15) is 17.0 Å². The largest absolute Gasteiger partial charge is 0.417 e. The Bertz CT molecular complexity index is 1060. The van der Waals surface area contributed by atoms with Crippen molar-refractivity contribution in [2.45, 2.75) is 18.9 Å². The Morgan fingerprint density at radius 2 is 1.87 bits per heavy atom. The molecule has 0 aliphatic rings. The highest BCUT2D eigenvalue weighted by Gasteiger charge is 2.36. The monoisotopic (exact) mass is 427 g/mol. The molecule has 0 saturated heterocycles. The van der Waals surface area contributed by atoms with Gasteiger partial charge in [-0.15, -0.1) is 0 Å². The molecule has 0 aliphatic heterocycles. The summed E-state index contributed by atoms with van der Waals surface area (Å²) < 4.78 is 83.7. The van der Waals surface area contributed by atoms with Crippen LogP contribution in [0.4, 0.5) is 32.0 Å². The number of nitrogens with zero attached hydrogens (tertiary/aromatic N) is 5. The molecule has 0 unspecified atom stereocenters. The lowest BCUT2D eigenvalue weighted by Crippen LogP contribution is -2.34. The average molecular weight is 427 g/mol. The molecule has 3 rings (SSSR count). The predicted octanol–water partition coefficient (Wildman–Crippen LogP) is 4.59. The Hall–Kier alpha value is -3.62. The summed E-state index contributed by atoms with van der Waals surface area (Å²) in [5.74, 6) is -0.170. The van der Waals surface area contributed by atoms with E-state index in [1.807, 2.05) is 0 Å². The maximum atomic E-state index is 13.2. The number of pyridine rings is 1. The summed E-state index contributed by atoms with van der Waals surface area (Å²) in [4.78, 5) is 8.45. The maximum absolute atomic E-state index is 13.2. The molecule has 0 radical (unpaired) electrons. The fraction of sp³-hybridized carbons (Fsp3) is 0.222. The van der Waals surface area contributed by atoms with Crippen molar-refractivity contribution in [1.82, 2.24) is 15.1 Å². The summed E-state index contributed by atoms with van der Waals surface area (Å²) in [7, 11) is 0. The van der Waals surface area contributed by atoms with Gasteiger partial charge in [0.1, 0.15) is 6.54 Å². The Morgan fingerprint density at radius 1 is 1.10 bits per heavy atom. The second-order valence-electron chi connectivity index (χ2n) is 6.06. The molecule has 0 saturated carbocycles. The van der Waals surface area contributed by atoms with E-state index >= 15 is 0 Å². The fourth-order valence-electron chi connectivity index (χ4n) is 2.61. The fourth-order valence-corrected chi connectivity index (χ4v) is 2.61. The van der Waals surface area contributed by atoms with E-state index in [2.05, 4.69) is 15.1 Å². The van der Waals surface area contributed by atoms with Crippen LogP contribution in [-0.2, 0) is 12.7 Å². The standard InChI is InChI=1S/C18H11F6N5O/c19-17(20,21)10-29(13-4-3-11(7-25)14(6-13)18(22,23)24)9-15-27-16(28-30-15)12-2-1-5-26-8-12/h1-6,8H,9-10H2. The third kappa shape index (κ3) is 5.05. The number of rotatable bonds is 5. The van der Waals surface area contributed by atoms with Crippen LogP contribution in [0.25, 0.3) is 11.4 Å². The zero-order valence-electron chi connectivity index (χ0n) is 14.9. The number of anilines is 1.